The molecule has 0 atom stereocenters. The fourth-order valence-electron chi connectivity index (χ4n) is 4.20. The van der Waals surface area contributed by atoms with E-state index in [0.717, 1.165) is 29.8 Å². The molecule has 3 heterocycles. The van der Waals surface area contributed by atoms with Crippen LogP contribution < -0.4 is 10.1 Å². The highest BCUT2D eigenvalue weighted by Crippen LogP contribution is 2.35. The van der Waals surface area contributed by atoms with Crippen molar-refractivity contribution in [3.05, 3.63) is 42.4 Å². The van der Waals surface area contributed by atoms with Crippen molar-refractivity contribution in [2.75, 3.05) is 19.7 Å². The molecule has 1 aromatic carbocycles. The molecule has 5 rings (SSSR count). The van der Waals surface area contributed by atoms with Crippen LogP contribution in [0.3, 0.4) is 0 Å². The quantitative estimate of drug-likeness (QED) is 0.622. The second-order valence-electron chi connectivity index (χ2n) is 8.65. The SMILES string of the molecule is CC(=O)N1CCC(NC(=O)c2c[nH]c3c(-c4ccccc4OCC4CC4)ncnc23)CC1. The third-order valence-electron chi connectivity index (χ3n) is 6.30. The number of hydrogen-bond acceptors (Lipinski definition) is 5. The van der Waals surface area contributed by atoms with Gasteiger partial charge in [0.1, 0.15) is 23.3 Å². The molecule has 1 aliphatic heterocycles. The number of carbonyl (C=O) groups excluding carboxylic acids is 2. The Hall–Kier alpha value is -3.42. The summed E-state index contributed by atoms with van der Waals surface area (Å²) < 4.78 is 6.06. The monoisotopic (exact) mass is 433 g/mol. The number of nitrogens with zero attached hydrogens (tertiary/aromatic N) is 3. The van der Waals surface area contributed by atoms with Gasteiger partial charge in [0.05, 0.1) is 17.7 Å². The third-order valence-corrected chi connectivity index (χ3v) is 6.30. The maximum absolute atomic E-state index is 13.0. The van der Waals surface area contributed by atoms with Gasteiger partial charge in [-0.2, -0.15) is 0 Å². The zero-order valence-electron chi connectivity index (χ0n) is 18.1. The summed E-state index contributed by atoms with van der Waals surface area (Å²) in [4.78, 5) is 38.4. The first kappa shape index (κ1) is 20.5. The van der Waals surface area contributed by atoms with Crippen molar-refractivity contribution in [2.24, 2.45) is 5.92 Å². The van der Waals surface area contributed by atoms with Crippen LogP contribution in [0.4, 0.5) is 0 Å². The zero-order chi connectivity index (χ0) is 22.1. The minimum absolute atomic E-state index is 0.0425. The molecule has 3 aromatic rings. The summed E-state index contributed by atoms with van der Waals surface area (Å²) in [7, 11) is 0. The number of H-pyrrole nitrogens is 1. The largest absolute Gasteiger partial charge is 0.493 e. The van der Waals surface area contributed by atoms with Gasteiger partial charge in [0.2, 0.25) is 5.91 Å². The molecule has 2 aliphatic rings. The van der Waals surface area contributed by atoms with Crippen LogP contribution in [0.1, 0.15) is 43.0 Å². The van der Waals surface area contributed by atoms with Gasteiger partial charge >= 0.3 is 0 Å². The second-order valence-corrected chi connectivity index (χ2v) is 8.65. The van der Waals surface area contributed by atoms with E-state index in [1.807, 2.05) is 29.2 Å². The molecule has 8 nitrogen and oxygen atoms in total. The third kappa shape index (κ3) is 4.17. The Morgan fingerprint density at radius 1 is 1.16 bits per heavy atom. The van der Waals surface area contributed by atoms with Gasteiger partial charge in [-0.25, -0.2) is 9.97 Å². The van der Waals surface area contributed by atoms with E-state index in [1.165, 1.54) is 19.2 Å². The molecular weight excluding hydrogens is 406 g/mol. The number of rotatable bonds is 6. The van der Waals surface area contributed by atoms with Crippen molar-refractivity contribution in [1.82, 2.24) is 25.2 Å². The van der Waals surface area contributed by atoms with E-state index in [4.69, 9.17) is 4.74 Å². The number of hydrogen-bond donors (Lipinski definition) is 2. The Balaban J connectivity index is 1.37. The lowest BCUT2D eigenvalue weighted by molar-refractivity contribution is -0.129. The van der Waals surface area contributed by atoms with E-state index < -0.39 is 0 Å². The zero-order valence-corrected chi connectivity index (χ0v) is 18.1. The summed E-state index contributed by atoms with van der Waals surface area (Å²) >= 11 is 0. The fraction of sp³-hybridized carbons (Fsp3) is 0.417. The minimum atomic E-state index is -0.166. The average molecular weight is 434 g/mol. The highest BCUT2D eigenvalue weighted by atomic mass is 16.5. The number of para-hydroxylation sites is 1. The van der Waals surface area contributed by atoms with Gasteiger partial charge in [0.25, 0.3) is 5.91 Å². The second kappa shape index (κ2) is 8.61. The molecule has 0 unspecified atom stereocenters. The normalized spacial score (nSPS) is 16.8. The molecule has 2 aromatic heterocycles. The van der Waals surface area contributed by atoms with Crippen LogP contribution in [0.5, 0.6) is 5.75 Å². The molecule has 0 spiro atoms. The number of amides is 2. The van der Waals surface area contributed by atoms with Crippen molar-refractivity contribution in [3.8, 4) is 17.0 Å². The van der Waals surface area contributed by atoms with Crippen LogP contribution in [-0.4, -0.2) is 57.4 Å². The Kier molecular flexibility index (Phi) is 5.51. The Morgan fingerprint density at radius 2 is 1.94 bits per heavy atom. The topological polar surface area (TPSA) is 100 Å². The highest BCUT2D eigenvalue weighted by molar-refractivity contribution is 6.07. The van der Waals surface area contributed by atoms with Crippen LogP contribution in [0.2, 0.25) is 0 Å². The van der Waals surface area contributed by atoms with Crippen molar-refractivity contribution < 1.29 is 14.3 Å². The maximum atomic E-state index is 13.0. The molecule has 2 N–H and O–H groups in total. The smallest absolute Gasteiger partial charge is 0.255 e. The molecule has 8 heteroatoms. The van der Waals surface area contributed by atoms with Gasteiger partial charge in [-0.05, 0) is 43.7 Å². The van der Waals surface area contributed by atoms with E-state index in [-0.39, 0.29) is 17.9 Å². The van der Waals surface area contributed by atoms with E-state index in [1.54, 1.807) is 13.1 Å². The van der Waals surface area contributed by atoms with E-state index in [2.05, 4.69) is 20.3 Å². The van der Waals surface area contributed by atoms with Crippen molar-refractivity contribution in [2.45, 2.75) is 38.6 Å². The summed E-state index contributed by atoms with van der Waals surface area (Å²) in [5, 5.41) is 3.10. The summed E-state index contributed by atoms with van der Waals surface area (Å²) in [5.41, 5.74) is 3.40. The maximum Gasteiger partial charge on any atom is 0.255 e. The van der Waals surface area contributed by atoms with Crippen LogP contribution in [0.15, 0.2) is 36.8 Å². The first-order valence-electron chi connectivity index (χ1n) is 11.2. The van der Waals surface area contributed by atoms with Crippen LogP contribution in [0.25, 0.3) is 22.3 Å². The molecule has 1 saturated heterocycles. The number of nitrogens with one attached hydrogen (secondary N) is 2. The Bertz CT molecular complexity index is 1150. The molecule has 2 fully saturated rings. The van der Waals surface area contributed by atoms with Crippen LogP contribution in [-0.2, 0) is 4.79 Å². The van der Waals surface area contributed by atoms with Crippen molar-refractivity contribution in [1.29, 1.82) is 0 Å². The Morgan fingerprint density at radius 3 is 2.69 bits per heavy atom. The number of aromatic amines is 1. The molecular formula is C24H27N5O3. The number of aromatic nitrogens is 3. The molecule has 166 valence electrons. The lowest BCUT2D eigenvalue weighted by Gasteiger charge is -2.31. The van der Waals surface area contributed by atoms with Gasteiger partial charge in [-0.15, -0.1) is 0 Å². The highest BCUT2D eigenvalue weighted by Gasteiger charge is 2.25. The van der Waals surface area contributed by atoms with Gasteiger partial charge in [0, 0.05) is 37.8 Å². The summed E-state index contributed by atoms with van der Waals surface area (Å²) in [5.74, 6) is 1.35. The fourth-order valence-corrected chi connectivity index (χ4v) is 4.20. The molecule has 1 saturated carbocycles. The van der Waals surface area contributed by atoms with Gasteiger partial charge < -0.3 is 19.9 Å². The number of benzene rings is 1. The standard InChI is InChI=1S/C24H27N5O3/c1-15(30)29-10-8-17(9-11-29)28-24(31)19-12-25-23-21(26-14-27-22(19)23)18-4-2-3-5-20(18)32-13-16-6-7-16/h2-5,12,14,16-17,25H,6-11,13H2,1H3,(H,28,31). The lowest BCUT2D eigenvalue weighted by atomic mass is 10.0. The minimum Gasteiger partial charge on any atom is -0.493 e. The Labute approximate surface area is 186 Å². The van der Waals surface area contributed by atoms with Gasteiger partial charge in [0.15, 0.2) is 0 Å². The van der Waals surface area contributed by atoms with Crippen LogP contribution in [0, 0.1) is 5.92 Å². The number of piperidine rings is 1. The number of fused-ring (bicyclic) bond motifs is 1. The number of carbonyl (C=O) groups is 2. The molecule has 1 aliphatic carbocycles. The lowest BCUT2D eigenvalue weighted by Crippen LogP contribution is -2.45. The molecule has 32 heavy (non-hydrogen) atoms. The molecule has 0 radical (unpaired) electrons. The summed E-state index contributed by atoms with van der Waals surface area (Å²) in [6.45, 7) is 3.62. The van der Waals surface area contributed by atoms with E-state index in [0.29, 0.717) is 42.2 Å². The van der Waals surface area contributed by atoms with Crippen molar-refractivity contribution >= 4 is 22.8 Å². The summed E-state index contributed by atoms with van der Waals surface area (Å²) in [6, 6.07) is 7.89. The van der Waals surface area contributed by atoms with Gasteiger partial charge in [-0.3, -0.25) is 9.59 Å². The predicted octanol–water partition coefficient (Wildman–Crippen LogP) is 3.15. The predicted molar refractivity (Wildman–Crippen MR) is 120 cm³/mol. The van der Waals surface area contributed by atoms with Gasteiger partial charge in [-0.1, -0.05) is 12.1 Å². The first-order chi connectivity index (χ1) is 15.6. The van der Waals surface area contributed by atoms with Crippen molar-refractivity contribution in [3.63, 3.8) is 0 Å². The number of ether oxygens (including phenoxy) is 1. The molecule has 0 bridgehead atoms. The van der Waals surface area contributed by atoms with E-state index in [9.17, 15) is 9.59 Å². The van der Waals surface area contributed by atoms with E-state index >= 15 is 0 Å². The number of likely N-dealkylation sites (tertiary alicyclic amines) is 1. The first-order valence-corrected chi connectivity index (χ1v) is 11.2. The average Bonchev–Trinajstić information content (AvgIpc) is 3.54. The molecule has 2 amide bonds. The summed E-state index contributed by atoms with van der Waals surface area (Å²) in [6.07, 6.45) is 7.13. The van der Waals surface area contributed by atoms with Crippen LogP contribution >= 0.6 is 0 Å².